The average Bonchev–Trinajstić information content (AvgIpc) is 2.94. The second-order valence-corrected chi connectivity index (χ2v) is 5.43. The molecule has 0 saturated carbocycles. The van der Waals surface area contributed by atoms with E-state index in [2.05, 4.69) is 31.4 Å². The van der Waals surface area contributed by atoms with Crippen molar-refractivity contribution in [1.29, 1.82) is 0 Å². The van der Waals surface area contributed by atoms with Crippen LogP contribution >= 0.6 is 11.8 Å². The maximum atomic E-state index is 6.29. The van der Waals surface area contributed by atoms with Crippen LogP contribution in [0.4, 0.5) is 0 Å². The molecule has 0 spiro atoms. The lowest BCUT2D eigenvalue weighted by atomic mass is 10.2. The number of aromatic nitrogens is 2. The van der Waals surface area contributed by atoms with Crippen LogP contribution in [0.5, 0.6) is 0 Å². The van der Waals surface area contributed by atoms with Crippen LogP contribution in [0.15, 0.2) is 34.7 Å². The number of nitrogens with zero attached hydrogens (tertiary/aromatic N) is 2. The maximum Gasteiger partial charge on any atom is 0.395 e. The Morgan fingerprint density at radius 2 is 2.00 bits per heavy atom. The van der Waals surface area contributed by atoms with Gasteiger partial charge >= 0.3 is 5.89 Å². The second-order valence-electron chi connectivity index (χ2n) is 5.09. The highest BCUT2D eigenvalue weighted by Crippen LogP contribution is 2.19. The van der Waals surface area contributed by atoms with E-state index in [4.69, 9.17) is 16.2 Å². The van der Waals surface area contributed by atoms with Gasteiger partial charge in [0.2, 0.25) is 5.58 Å². The molecule has 3 nitrogen and oxygen atoms in total. The van der Waals surface area contributed by atoms with Gasteiger partial charge in [-0.1, -0.05) is 12.1 Å². The first-order valence-corrected chi connectivity index (χ1v) is 7.40. The topological polar surface area (TPSA) is 21.9 Å². The Morgan fingerprint density at radius 3 is 2.67 bits per heavy atom. The SMILES string of the molecule is CCn1c(C)cc(C=Cc2oc3ccccc3[n+]2Cl)c1C. The minimum absolute atomic E-state index is 0.624. The van der Waals surface area contributed by atoms with Crippen molar-refractivity contribution in [3.63, 3.8) is 0 Å². The molecule has 3 aromatic rings. The average molecular weight is 302 g/mol. The molecular formula is C17H18ClN2O+. The zero-order valence-electron chi connectivity index (χ0n) is 12.4. The molecule has 3 rings (SSSR count). The quantitative estimate of drug-likeness (QED) is 0.705. The predicted octanol–water partition coefficient (Wildman–Crippen LogP) is 4.33. The van der Waals surface area contributed by atoms with Crippen LogP contribution in [0.25, 0.3) is 23.3 Å². The van der Waals surface area contributed by atoms with Gasteiger partial charge in [-0.05, 0) is 48.6 Å². The zero-order chi connectivity index (χ0) is 15.0. The summed E-state index contributed by atoms with van der Waals surface area (Å²) in [7, 11) is 0. The van der Waals surface area contributed by atoms with E-state index in [9.17, 15) is 0 Å². The maximum absolute atomic E-state index is 6.29. The van der Waals surface area contributed by atoms with E-state index in [-0.39, 0.29) is 0 Å². The summed E-state index contributed by atoms with van der Waals surface area (Å²) in [5.74, 6) is 0.624. The lowest BCUT2D eigenvalue weighted by Crippen LogP contribution is -2.20. The summed E-state index contributed by atoms with van der Waals surface area (Å²) in [6.07, 6.45) is 3.96. The Kier molecular flexibility index (Phi) is 3.60. The number of benzene rings is 1. The molecule has 2 heterocycles. The monoisotopic (exact) mass is 301 g/mol. The lowest BCUT2D eigenvalue weighted by Gasteiger charge is -2.04. The van der Waals surface area contributed by atoms with Gasteiger partial charge in [0.25, 0.3) is 17.3 Å². The van der Waals surface area contributed by atoms with Crippen LogP contribution in [0.1, 0.15) is 29.8 Å². The minimum Gasteiger partial charge on any atom is -0.397 e. The van der Waals surface area contributed by atoms with E-state index in [1.807, 2.05) is 36.4 Å². The van der Waals surface area contributed by atoms with Gasteiger partial charge in [-0.15, -0.1) is 0 Å². The van der Waals surface area contributed by atoms with Gasteiger partial charge in [0.05, 0.1) is 6.08 Å². The van der Waals surface area contributed by atoms with Gasteiger partial charge in [-0.3, -0.25) is 0 Å². The summed E-state index contributed by atoms with van der Waals surface area (Å²) in [5, 5.41) is 0. The number of aryl methyl sites for hydroxylation is 1. The summed E-state index contributed by atoms with van der Waals surface area (Å²) < 4.78 is 9.59. The lowest BCUT2D eigenvalue weighted by molar-refractivity contribution is -0.498. The first kappa shape index (κ1) is 14.0. The van der Waals surface area contributed by atoms with Crippen molar-refractivity contribution >= 4 is 35.0 Å². The highest BCUT2D eigenvalue weighted by Gasteiger charge is 2.19. The highest BCUT2D eigenvalue weighted by molar-refractivity contribution is 6.06. The number of halogens is 1. The van der Waals surface area contributed by atoms with Gasteiger partial charge in [0.15, 0.2) is 0 Å². The molecule has 0 unspecified atom stereocenters. The normalized spacial score (nSPS) is 11.8. The largest absolute Gasteiger partial charge is 0.397 e. The molecule has 0 aliphatic heterocycles. The highest BCUT2D eigenvalue weighted by atomic mass is 35.5. The van der Waals surface area contributed by atoms with E-state index in [0.29, 0.717) is 5.89 Å². The summed E-state index contributed by atoms with van der Waals surface area (Å²) in [4.78, 5) is 0. The fourth-order valence-electron chi connectivity index (χ4n) is 2.72. The van der Waals surface area contributed by atoms with Crippen molar-refractivity contribution in [2.45, 2.75) is 27.3 Å². The first-order valence-electron chi connectivity index (χ1n) is 7.06. The van der Waals surface area contributed by atoms with Crippen molar-refractivity contribution in [1.82, 2.24) is 4.57 Å². The third-order valence-electron chi connectivity index (χ3n) is 3.82. The molecule has 0 fully saturated rings. The Balaban J connectivity index is 2.00. The third kappa shape index (κ3) is 2.38. The van der Waals surface area contributed by atoms with E-state index in [0.717, 1.165) is 17.6 Å². The molecule has 0 amide bonds. The number of fused-ring (bicyclic) bond motifs is 1. The van der Waals surface area contributed by atoms with Gasteiger partial charge in [0.1, 0.15) is 0 Å². The molecule has 21 heavy (non-hydrogen) atoms. The molecule has 0 radical (unpaired) electrons. The van der Waals surface area contributed by atoms with Crippen LogP contribution in [-0.2, 0) is 6.54 Å². The van der Waals surface area contributed by atoms with E-state index >= 15 is 0 Å². The molecule has 1 aromatic carbocycles. The smallest absolute Gasteiger partial charge is 0.395 e. The van der Waals surface area contributed by atoms with Crippen molar-refractivity contribution in [2.75, 3.05) is 0 Å². The third-order valence-corrected chi connectivity index (χ3v) is 4.17. The Bertz CT molecular complexity index is 827. The van der Waals surface area contributed by atoms with Gasteiger partial charge in [-0.25, -0.2) is 0 Å². The minimum atomic E-state index is 0.624. The predicted molar refractivity (Wildman–Crippen MR) is 86.2 cm³/mol. The number of hydrogen-bond acceptors (Lipinski definition) is 1. The fraction of sp³-hybridized carbons (Fsp3) is 0.235. The first-order chi connectivity index (χ1) is 10.1. The summed E-state index contributed by atoms with van der Waals surface area (Å²) in [6, 6.07) is 9.90. The van der Waals surface area contributed by atoms with Crippen LogP contribution in [0.2, 0.25) is 0 Å². The standard InChI is InChI=1S/C17H18ClN2O/c1-4-19-12(2)11-14(13(19)3)9-10-17-20(18)15-7-5-6-8-16(15)21-17/h5-11H,4H2,1-3H3/q+1. The number of rotatable bonds is 3. The van der Waals surface area contributed by atoms with Crippen molar-refractivity contribution < 1.29 is 8.50 Å². The molecule has 0 saturated heterocycles. The molecule has 0 aliphatic rings. The number of oxazole rings is 1. The number of hydrogen-bond donors (Lipinski definition) is 0. The fourth-order valence-corrected chi connectivity index (χ4v) is 2.95. The van der Waals surface area contributed by atoms with Crippen molar-refractivity contribution in [3.8, 4) is 0 Å². The molecule has 0 N–H and O–H groups in total. The molecule has 108 valence electrons. The molecular weight excluding hydrogens is 284 g/mol. The molecule has 0 atom stereocenters. The van der Waals surface area contributed by atoms with Gasteiger partial charge in [-0.2, -0.15) is 0 Å². The van der Waals surface area contributed by atoms with Crippen molar-refractivity contribution in [2.24, 2.45) is 0 Å². The molecule has 0 bridgehead atoms. The summed E-state index contributed by atoms with van der Waals surface area (Å²) >= 11 is 6.29. The van der Waals surface area contributed by atoms with Crippen LogP contribution in [0, 0.1) is 13.8 Å². The van der Waals surface area contributed by atoms with E-state index in [1.54, 1.807) is 4.09 Å². The summed E-state index contributed by atoms with van der Waals surface area (Å²) in [5.41, 5.74) is 5.36. The second kappa shape index (κ2) is 5.41. The molecule has 4 heteroatoms. The zero-order valence-corrected chi connectivity index (χ0v) is 13.2. The Hall–Kier alpha value is -2.00. The van der Waals surface area contributed by atoms with Crippen molar-refractivity contribution in [3.05, 3.63) is 53.2 Å². The Labute approximate surface area is 129 Å². The van der Waals surface area contributed by atoms with Crippen LogP contribution in [0.3, 0.4) is 0 Å². The molecule has 2 aromatic heterocycles. The summed E-state index contributed by atoms with van der Waals surface area (Å²) in [6.45, 7) is 7.38. The Morgan fingerprint density at radius 1 is 1.24 bits per heavy atom. The van der Waals surface area contributed by atoms with E-state index in [1.165, 1.54) is 17.0 Å². The number of para-hydroxylation sites is 2. The van der Waals surface area contributed by atoms with Gasteiger partial charge < -0.3 is 8.98 Å². The van der Waals surface area contributed by atoms with Crippen LogP contribution < -0.4 is 4.09 Å². The molecule has 0 aliphatic carbocycles. The van der Waals surface area contributed by atoms with Crippen LogP contribution in [-0.4, -0.2) is 4.57 Å². The van der Waals surface area contributed by atoms with Gasteiger partial charge in [0, 0.05) is 24.0 Å². The van der Waals surface area contributed by atoms with E-state index < -0.39 is 0 Å².